The number of hydrogen-bond donors (Lipinski definition) is 1. The Kier molecular flexibility index (Phi) is 3.86. The topological polar surface area (TPSA) is 48.4 Å². The van der Waals surface area contributed by atoms with Crippen molar-refractivity contribution in [1.82, 2.24) is 0 Å². The molecule has 0 aliphatic heterocycles. The van der Waals surface area contributed by atoms with Gasteiger partial charge in [0.15, 0.2) is 0 Å². The maximum atomic E-state index is 5.72. The van der Waals surface area contributed by atoms with Gasteiger partial charge >= 0.3 is 0 Å². The van der Waals surface area contributed by atoms with Crippen LogP contribution in [0.15, 0.2) is 39.4 Å². The minimum atomic E-state index is 0.390. The van der Waals surface area contributed by atoms with Crippen LogP contribution in [-0.2, 0) is 13.2 Å². The van der Waals surface area contributed by atoms with E-state index >= 15 is 0 Å². The fourth-order valence-electron chi connectivity index (χ4n) is 1.55. The lowest BCUT2D eigenvalue weighted by Crippen LogP contribution is -2.02. The Hall–Kier alpha value is -1.26. The van der Waals surface area contributed by atoms with E-state index in [-0.39, 0.29) is 0 Å². The van der Waals surface area contributed by atoms with Crippen LogP contribution in [0.2, 0.25) is 0 Å². The van der Waals surface area contributed by atoms with Crippen molar-refractivity contribution in [2.75, 3.05) is 0 Å². The molecule has 2 N–H and O–H groups in total. The summed E-state index contributed by atoms with van der Waals surface area (Å²) in [4.78, 5) is 0. The maximum absolute atomic E-state index is 5.72. The molecule has 0 fully saturated rings. The molecule has 0 aliphatic rings. The molecular formula is C13H14BrNO2. The van der Waals surface area contributed by atoms with Crippen molar-refractivity contribution in [2.45, 2.75) is 20.1 Å². The van der Waals surface area contributed by atoms with Crippen LogP contribution in [0.4, 0.5) is 0 Å². The zero-order valence-corrected chi connectivity index (χ0v) is 11.2. The molecule has 4 heteroatoms. The second-order valence-corrected chi connectivity index (χ2v) is 4.65. The van der Waals surface area contributed by atoms with Gasteiger partial charge in [-0.2, -0.15) is 0 Å². The van der Waals surface area contributed by atoms with Gasteiger partial charge in [-0.1, -0.05) is 6.07 Å². The van der Waals surface area contributed by atoms with E-state index in [0.29, 0.717) is 13.2 Å². The number of benzene rings is 1. The lowest BCUT2D eigenvalue weighted by atomic mass is 10.2. The molecule has 0 aliphatic carbocycles. The first-order valence-corrected chi connectivity index (χ1v) is 6.14. The van der Waals surface area contributed by atoms with E-state index in [2.05, 4.69) is 15.9 Å². The molecule has 0 amide bonds. The van der Waals surface area contributed by atoms with Crippen LogP contribution in [0.25, 0.3) is 0 Å². The number of rotatable bonds is 4. The first-order chi connectivity index (χ1) is 8.20. The minimum Gasteiger partial charge on any atom is -0.488 e. The predicted octanol–water partition coefficient (Wildman–Crippen LogP) is 3.39. The van der Waals surface area contributed by atoms with Crippen LogP contribution >= 0.6 is 15.9 Å². The third-order valence-electron chi connectivity index (χ3n) is 2.49. The SMILES string of the molecule is Cc1ccc(OCc2ccoc2CN)c(Br)c1. The van der Waals surface area contributed by atoms with Gasteiger partial charge in [0.2, 0.25) is 0 Å². The predicted molar refractivity (Wildman–Crippen MR) is 69.8 cm³/mol. The zero-order valence-electron chi connectivity index (χ0n) is 9.57. The van der Waals surface area contributed by atoms with Gasteiger partial charge in [-0.25, -0.2) is 0 Å². The second kappa shape index (κ2) is 5.38. The Labute approximate surface area is 109 Å². The molecule has 1 aromatic heterocycles. The summed E-state index contributed by atoms with van der Waals surface area (Å²) in [7, 11) is 0. The monoisotopic (exact) mass is 295 g/mol. The lowest BCUT2D eigenvalue weighted by Gasteiger charge is -2.08. The average molecular weight is 296 g/mol. The molecule has 0 saturated heterocycles. The minimum absolute atomic E-state index is 0.390. The second-order valence-electron chi connectivity index (χ2n) is 3.80. The normalized spacial score (nSPS) is 10.5. The molecule has 2 aromatic rings. The molecule has 0 atom stereocenters. The molecular weight excluding hydrogens is 282 g/mol. The van der Waals surface area contributed by atoms with Crippen molar-refractivity contribution >= 4 is 15.9 Å². The van der Waals surface area contributed by atoms with Crippen molar-refractivity contribution in [3.8, 4) is 5.75 Å². The molecule has 1 heterocycles. The maximum Gasteiger partial charge on any atom is 0.134 e. The van der Waals surface area contributed by atoms with Crippen molar-refractivity contribution in [3.63, 3.8) is 0 Å². The highest BCUT2D eigenvalue weighted by atomic mass is 79.9. The highest BCUT2D eigenvalue weighted by Gasteiger charge is 2.06. The standard InChI is InChI=1S/C13H14BrNO2/c1-9-2-3-12(11(14)6-9)17-8-10-4-5-16-13(10)7-15/h2-6H,7-8,15H2,1H3. The number of hydrogen-bond acceptors (Lipinski definition) is 3. The Morgan fingerprint density at radius 2 is 2.18 bits per heavy atom. The number of aryl methyl sites for hydroxylation is 1. The molecule has 2 rings (SSSR count). The van der Waals surface area contributed by atoms with Crippen molar-refractivity contribution in [1.29, 1.82) is 0 Å². The summed E-state index contributed by atoms with van der Waals surface area (Å²) < 4.78 is 11.9. The molecule has 17 heavy (non-hydrogen) atoms. The quantitative estimate of drug-likeness (QED) is 0.940. The van der Waals surface area contributed by atoms with Crippen molar-refractivity contribution < 1.29 is 9.15 Å². The summed E-state index contributed by atoms with van der Waals surface area (Å²) in [6.07, 6.45) is 1.63. The van der Waals surface area contributed by atoms with Crippen molar-refractivity contribution in [3.05, 3.63) is 51.9 Å². The fourth-order valence-corrected chi connectivity index (χ4v) is 2.16. The molecule has 0 saturated carbocycles. The molecule has 0 radical (unpaired) electrons. The van der Waals surface area contributed by atoms with Crippen LogP contribution < -0.4 is 10.5 Å². The van der Waals surface area contributed by atoms with Crippen LogP contribution in [0.1, 0.15) is 16.9 Å². The van der Waals surface area contributed by atoms with Crippen LogP contribution in [-0.4, -0.2) is 0 Å². The Morgan fingerprint density at radius 1 is 1.35 bits per heavy atom. The van der Waals surface area contributed by atoms with Gasteiger partial charge in [0.25, 0.3) is 0 Å². The number of furan rings is 1. The molecule has 0 bridgehead atoms. The summed E-state index contributed by atoms with van der Waals surface area (Å²) in [6.45, 7) is 2.89. The van der Waals surface area contributed by atoms with Gasteiger partial charge in [0.05, 0.1) is 17.3 Å². The summed E-state index contributed by atoms with van der Waals surface area (Å²) in [5.74, 6) is 1.59. The zero-order chi connectivity index (χ0) is 12.3. The third-order valence-corrected chi connectivity index (χ3v) is 3.11. The largest absolute Gasteiger partial charge is 0.488 e. The first kappa shape index (κ1) is 12.2. The summed E-state index contributed by atoms with van der Waals surface area (Å²) in [5, 5.41) is 0. The summed E-state index contributed by atoms with van der Waals surface area (Å²) in [6, 6.07) is 7.86. The average Bonchev–Trinajstić information content (AvgIpc) is 2.75. The highest BCUT2D eigenvalue weighted by Crippen LogP contribution is 2.26. The summed E-state index contributed by atoms with van der Waals surface area (Å²) in [5.41, 5.74) is 7.73. The van der Waals surface area contributed by atoms with Crippen molar-refractivity contribution in [2.24, 2.45) is 5.73 Å². The third kappa shape index (κ3) is 2.90. The first-order valence-electron chi connectivity index (χ1n) is 5.35. The van der Waals surface area contributed by atoms with Crippen LogP contribution in [0.5, 0.6) is 5.75 Å². The summed E-state index contributed by atoms with van der Waals surface area (Å²) >= 11 is 3.47. The molecule has 0 spiro atoms. The van der Waals surface area contributed by atoms with Gasteiger partial charge < -0.3 is 14.9 Å². The number of nitrogens with two attached hydrogens (primary N) is 1. The van der Waals surface area contributed by atoms with Gasteiger partial charge in [0.1, 0.15) is 18.1 Å². The van der Waals surface area contributed by atoms with E-state index in [1.165, 1.54) is 5.56 Å². The van der Waals surface area contributed by atoms with E-state index in [1.807, 2.05) is 31.2 Å². The number of halogens is 1. The van der Waals surface area contributed by atoms with Gasteiger partial charge in [-0.05, 0) is 46.6 Å². The molecule has 3 nitrogen and oxygen atoms in total. The van der Waals surface area contributed by atoms with Crippen LogP contribution in [0, 0.1) is 6.92 Å². The fraction of sp³-hybridized carbons (Fsp3) is 0.231. The van der Waals surface area contributed by atoms with E-state index in [1.54, 1.807) is 6.26 Å². The van der Waals surface area contributed by atoms with Crippen LogP contribution in [0.3, 0.4) is 0 Å². The smallest absolute Gasteiger partial charge is 0.134 e. The van der Waals surface area contributed by atoms with E-state index in [9.17, 15) is 0 Å². The van der Waals surface area contributed by atoms with E-state index in [4.69, 9.17) is 14.9 Å². The van der Waals surface area contributed by atoms with Gasteiger partial charge in [-0.15, -0.1) is 0 Å². The Bertz CT molecular complexity index is 508. The van der Waals surface area contributed by atoms with Gasteiger partial charge in [-0.3, -0.25) is 0 Å². The Balaban J connectivity index is 2.07. The lowest BCUT2D eigenvalue weighted by molar-refractivity contribution is 0.300. The highest BCUT2D eigenvalue weighted by molar-refractivity contribution is 9.10. The van der Waals surface area contributed by atoms with E-state index in [0.717, 1.165) is 21.5 Å². The van der Waals surface area contributed by atoms with Gasteiger partial charge in [0, 0.05) is 5.56 Å². The molecule has 1 aromatic carbocycles. The van der Waals surface area contributed by atoms with E-state index < -0.39 is 0 Å². The number of ether oxygens (including phenoxy) is 1. The molecule has 90 valence electrons. The molecule has 0 unspecified atom stereocenters. The Morgan fingerprint density at radius 3 is 2.88 bits per heavy atom.